The zero-order chi connectivity index (χ0) is 20.4. The Balaban J connectivity index is 1.82. The van der Waals surface area contributed by atoms with Crippen LogP contribution in [0.15, 0.2) is 67.3 Å². The topological polar surface area (TPSA) is 90.0 Å². The van der Waals surface area contributed by atoms with Crippen molar-refractivity contribution in [3.05, 3.63) is 67.3 Å². The Labute approximate surface area is 162 Å². The van der Waals surface area contributed by atoms with Gasteiger partial charge in [-0.05, 0) is 24.3 Å². The molecule has 2 aromatic carbocycles. The number of hydrazine groups is 1. The summed E-state index contributed by atoms with van der Waals surface area (Å²) in [7, 11) is 0. The highest BCUT2D eigenvalue weighted by Crippen LogP contribution is 2.32. The van der Waals surface area contributed by atoms with Gasteiger partial charge in [0.15, 0.2) is 11.6 Å². The van der Waals surface area contributed by atoms with Crippen molar-refractivity contribution < 1.29 is 17.9 Å². The van der Waals surface area contributed by atoms with Crippen molar-refractivity contribution >= 4 is 22.4 Å². The normalized spacial score (nSPS) is 11.4. The molecule has 0 spiro atoms. The lowest BCUT2D eigenvalue weighted by molar-refractivity contribution is -0.274. The molecule has 0 saturated heterocycles. The monoisotopic (exact) mass is 398 g/mol. The van der Waals surface area contributed by atoms with Crippen molar-refractivity contribution in [2.75, 3.05) is 5.01 Å². The summed E-state index contributed by atoms with van der Waals surface area (Å²) in [6.07, 6.45) is -0.313. The lowest BCUT2D eigenvalue weighted by Gasteiger charge is -2.21. The average molecular weight is 398 g/mol. The first-order valence-corrected chi connectivity index (χ1v) is 8.33. The highest BCUT2D eigenvalue weighted by Gasteiger charge is 2.31. The van der Waals surface area contributed by atoms with Crippen LogP contribution in [0.1, 0.15) is 0 Å². The van der Waals surface area contributed by atoms with Crippen molar-refractivity contribution in [1.29, 1.82) is 0 Å². The zero-order valence-electron chi connectivity index (χ0n) is 14.7. The Morgan fingerprint density at radius 2 is 1.69 bits per heavy atom. The van der Waals surface area contributed by atoms with Gasteiger partial charge in [0.25, 0.3) is 0 Å². The van der Waals surface area contributed by atoms with Crippen LogP contribution in [0.5, 0.6) is 5.75 Å². The lowest BCUT2D eigenvalue weighted by Crippen LogP contribution is -2.27. The molecule has 10 heteroatoms. The van der Waals surface area contributed by atoms with Crippen molar-refractivity contribution in [1.82, 2.24) is 19.9 Å². The van der Waals surface area contributed by atoms with Gasteiger partial charge in [-0.2, -0.15) is 0 Å². The highest BCUT2D eigenvalue weighted by molar-refractivity contribution is 5.92. The maximum absolute atomic E-state index is 12.5. The van der Waals surface area contributed by atoms with Gasteiger partial charge < -0.3 is 4.74 Å². The standard InChI is InChI=1S/C19H13F3N6O/c20-19(21,22)29-14-5-3-4-13(8-14)28(23)18-15-6-1-2-7-16(15)26-17(27-18)12-9-24-11-25-10-12/h1-11H,23H2. The minimum Gasteiger partial charge on any atom is -0.406 e. The average Bonchev–Trinajstić information content (AvgIpc) is 2.72. The Hall–Kier alpha value is -3.79. The zero-order valence-corrected chi connectivity index (χ0v) is 14.7. The van der Waals surface area contributed by atoms with Gasteiger partial charge in [0.05, 0.1) is 16.8 Å². The molecule has 0 amide bonds. The van der Waals surface area contributed by atoms with E-state index in [9.17, 15) is 13.2 Å². The SMILES string of the molecule is NN(c1cccc(OC(F)(F)F)c1)c1nc(-c2cncnc2)nc2ccccc12. The molecule has 2 aromatic heterocycles. The fourth-order valence-corrected chi connectivity index (χ4v) is 2.74. The summed E-state index contributed by atoms with van der Waals surface area (Å²) in [4.78, 5) is 16.9. The molecular weight excluding hydrogens is 385 g/mol. The molecule has 146 valence electrons. The van der Waals surface area contributed by atoms with Gasteiger partial charge in [0.2, 0.25) is 0 Å². The molecule has 29 heavy (non-hydrogen) atoms. The number of nitrogens with zero attached hydrogens (tertiary/aromatic N) is 5. The van der Waals surface area contributed by atoms with Crippen LogP contribution < -0.4 is 15.6 Å². The summed E-state index contributed by atoms with van der Waals surface area (Å²) in [5.41, 5.74) is 1.43. The summed E-state index contributed by atoms with van der Waals surface area (Å²) < 4.78 is 41.6. The Morgan fingerprint density at radius 3 is 2.45 bits per heavy atom. The molecule has 0 bridgehead atoms. The molecule has 2 heterocycles. The predicted octanol–water partition coefficient (Wildman–Crippen LogP) is 4.00. The number of nitrogens with two attached hydrogens (primary N) is 1. The molecular formula is C19H13F3N6O. The van der Waals surface area contributed by atoms with Gasteiger partial charge in [0, 0.05) is 23.8 Å². The first-order valence-electron chi connectivity index (χ1n) is 8.33. The number of fused-ring (bicyclic) bond motifs is 1. The van der Waals surface area contributed by atoms with E-state index in [2.05, 4.69) is 24.7 Å². The Bertz CT molecular complexity index is 1150. The van der Waals surface area contributed by atoms with Crippen molar-refractivity contribution in [3.63, 3.8) is 0 Å². The third-order valence-corrected chi connectivity index (χ3v) is 3.96. The third kappa shape index (κ3) is 4.06. The van der Waals surface area contributed by atoms with Crippen molar-refractivity contribution in [2.45, 2.75) is 6.36 Å². The molecule has 0 aliphatic rings. The van der Waals surface area contributed by atoms with Gasteiger partial charge in [-0.15, -0.1) is 13.2 Å². The number of alkyl halides is 3. The van der Waals surface area contributed by atoms with E-state index < -0.39 is 6.36 Å². The van der Waals surface area contributed by atoms with Gasteiger partial charge in [-0.3, -0.25) is 5.01 Å². The van der Waals surface area contributed by atoms with Crippen molar-refractivity contribution in [3.8, 4) is 17.1 Å². The first-order chi connectivity index (χ1) is 13.9. The quantitative estimate of drug-likeness (QED) is 0.410. The molecule has 4 aromatic rings. The molecule has 0 radical (unpaired) electrons. The molecule has 0 fully saturated rings. The fraction of sp³-hybridized carbons (Fsp3) is 0.0526. The predicted molar refractivity (Wildman–Crippen MR) is 100 cm³/mol. The largest absolute Gasteiger partial charge is 0.573 e. The lowest BCUT2D eigenvalue weighted by atomic mass is 10.2. The van der Waals surface area contributed by atoms with E-state index in [-0.39, 0.29) is 11.4 Å². The number of ether oxygens (including phenoxy) is 1. The number of rotatable bonds is 4. The summed E-state index contributed by atoms with van der Waals surface area (Å²) in [5, 5.41) is 1.80. The molecule has 0 saturated carbocycles. The van der Waals surface area contributed by atoms with Crippen LogP contribution >= 0.6 is 0 Å². The van der Waals surface area contributed by atoms with Crippen LogP contribution in [-0.2, 0) is 0 Å². The van der Waals surface area contributed by atoms with Crippen LogP contribution in [-0.4, -0.2) is 26.3 Å². The first kappa shape index (κ1) is 18.6. The number of anilines is 2. The van der Waals surface area contributed by atoms with Crippen LogP contribution in [0.2, 0.25) is 0 Å². The number of hydrogen-bond donors (Lipinski definition) is 1. The smallest absolute Gasteiger partial charge is 0.406 e. The summed E-state index contributed by atoms with van der Waals surface area (Å²) in [5.74, 6) is 6.48. The summed E-state index contributed by atoms with van der Waals surface area (Å²) in [6, 6.07) is 12.5. The number of hydrogen-bond acceptors (Lipinski definition) is 7. The van der Waals surface area contributed by atoms with E-state index in [1.165, 1.54) is 29.5 Å². The molecule has 0 atom stereocenters. The van der Waals surface area contributed by atoms with Gasteiger partial charge in [-0.1, -0.05) is 18.2 Å². The van der Waals surface area contributed by atoms with Gasteiger partial charge in [-0.25, -0.2) is 25.8 Å². The van der Waals surface area contributed by atoms with Crippen molar-refractivity contribution in [2.24, 2.45) is 5.84 Å². The second-order valence-corrected chi connectivity index (χ2v) is 5.93. The van der Waals surface area contributed by atoms with E-state index in [0.717, 1.165) is 0 Å². The number of para-hydroxylation sites is 1. The Kier molecular flexibility index (Phi) is 4.69. The number of aromatic nitrogens is 4. The van der Waals surface area contributed by atoms with Gasteiger partial charge in [0.1, 0.15) is 12.1 Å². The van der Waals surface area contributed by atoms with Crippen LogP contribution in [0.4, 0.5) is 24.7 Å². The molecule has 0 aliphatic carbocycles. The second-order valence-electron chi connectivity index (χ2n) is 5.93. The molecule has 0 unspecified atom stereocenters. The second kappa shape index (κ2) is 7.32. The Morgan fingerprint density at radius 1 is 0.931 bits per heavy atom. The van der Waals surface area contributed by atoms with E-state index >= 15 is 0 Å². The van der Waals surface area contributed by atoms with Crippen LogP contribution in [0.25, 0.3) is 22.3 Å². The molecule has 2 N–H and O–H groups in total. The third-order valence-electron chi connectivity index (χ3n) is 3.96. The minimum atomic E-state index is -4.81. The highest BCUT2D eigenvalue weighted by atomic mass is 19.4. The maximum atomic E-state index is 12.5. The minimum absolute atomic E-state index is 0.255. The van der Waals surface area contributed by atoms with E-state index in [4.69, 9.17) is 5.84 Å². The number of benzene rings is 2. The molecule has 0 aliphatic heterocycles. The van der Waals surface area contributed by atoms with E-state index in [0.29, 0.717) is 28.1 Å². The van der Waals surface area contributed by atoms with E-state index in [1.54, 1.807) is 36.7 Å². The summed E-state index contributed by atoms with van der Waals surface area (Å²) in [6.45, 7) is 0. The van der Waals surface area contributed by atoms with Crippen LogP contribution in [0.3, 0.4) is 0 Å². The maximum Gasteiger partial charge on any atom is 0.573 e. The molecule has 7 nitrogen and oxygen atoms in total. The molecule has 4 rings (SSSR count). The number of halogens is 3. The van der Waals surface area contributed by atoms with E-state index in [1.807, 2.05) is 6.07 Å². The fourth-order valence-electron chi connectivity index (χ4n) is 2.74. The summed E-state index contributed by atoms with van der Waals surface area (Å²) >= 11 is 0. The van der Waals surface area contributed by atoms with Crippen LogP contribution in [0, 0.1) is 0 Å². The van der Waals surface area contributed by atoms with Gasteiger partial charge >= 0.3 is 6.36 Å².